The Morgan fingerprint density at radius 3 is 2.30 bits per heavy atom. The van der Waals surface area contributed by atoms with Gasteiger partial charge in [0, 0.05) is 18.8 Å². The number of aromatic nitrogens is 3. The highest BCUT2D eigenvalue weighted by atomic mass is 35.5. The van der Waals surface area contributed by atoms with Crippen LogP contribution in [0.2, 0.25) is 15.2 Å². The molecule has 0 aliphatic heterocycles. The van der Waals surface area contributed by atoms with E-state index < -0.39 is 6.10 Å². The van der Waals surface area contributed by atoms with Gasteiger partial charge in [0.2, 0.25) is 0 Å². The van der Waals surface area contributed by atoms with E-state index >= 15 is 0 Å². The van der Waals surface area contributed by atoms with E-state index in [-0.39, 0.29) is 29.0 Å². The Balaban J connectivity index is 2.00. The van der Waals surface area contributed by atoms with Crippen molar-refractivity contribution in [3.8, 4) is 5.75 Å². The topological polar surface area (TPSA) is 68.9 Å². The smallest absolute Gasteiger partial charge is 0.181 e. The summed E-state index contributed by atoms with van der Waals surface area (Å²) in [7, 11) is 1.57. The van der Waals surface area contributed by atoms with Gasteiger partial charge in [0.05, 0.1) is 29.0 Å². The van der Waals surface area contributed by atoms with Crippen LogP contribution in [0, 0.1) is 0 Å². The summed E-state index contributed by atoms with van der Waals surface area (Å²) >= 11 is 19.0. The molecule has 0 bridgehead atoms. The fourth-order valence-electron chi connectivity index (χ4n) is 3.74. The third kappa shape index (κ3) is 5.72. The van der Waals surface area contributed by atoms with E-state index in [4.69, 9.17) is 48.7 Å². The zero-order chi connectivity index (χ0) is 24.5. The average Bonchev–Trinajstić information content (AvgIpc) is 3.05. The molecule has 33 heavy (non-hydrogen) atoms. The molecular formula is C23H29Cl3N3O3S+. The molecule has 0 aliphatic rings. The largest absolute Gasteiger partial charge is 0.493 e. The molecule has 10 heteroatoms. The molecule has 3 aromatic rings. The third-order valence-corrected chi connectivity index (χ3v) is 8.51. The Hall–Kier alpha value is -1.22. The molecule has 1 N–H and O–H groups in total. The van der Waals surface area contributed by atoms with Gasteiger partial charge in [0.1, 0.15) is 22.7 Å². The molecular weight excluding hydrogens is 505 g/mol. The predicted molar refractivity (Wildman–Crippen MR) is 137 cm³/mol. The van der Waals surface area contributed by atoms with Crippen LogP contribution in [0.5, 0.6) is 5.75 Å². The lowest BCUT2D eigenvalue weighted by molar-refractivity contribution is 0.172. The van der Waals surface area contributed by atoms with Crippen molar-refractivity contribution in [2.45, 2.75) is 63.7 Å². The van der Waals surface area contributed by atoms with Crippen molar-refractivity contribution in [3.63, 3.8) is 0 Å². The van der Waals surface area contributed by atoms with E-state index in [0.717, 1.165) is 0 Å². The lowest BCUT2D eigenvalue weighted by Gasteiger charge is -2.21. The predicted octanol–water partition coefficient (Wildman–Crippen LogP) is 6.23. The second-order valence-electron chi connectivity index (χ2n) is 8.86. The van der Waals surface area contributed by atoms with Gasteiger partial charge in [-0.2, -0.15) is 4.18 Å². The second-order valence-corrected chi connectivity index (χ2v) is 13.0. The highest BCUT2D eigenvalue weighted by Crippen LogP contribution is 2.34. The number of nitrogens with zero attached hydrogens (tertiary/aromatic N) is 3. The molecule has 0 aromatic carbocycles. The lowest BCUT2D eigenvalue weighted by atomic mass is 10.1. The number of aliphatic hydroxyl groups is 1. The molecule has 0 spiro atoms. The SMILES string of the molecule is COc1ccc(C(O)Cc2c(Cl)cncc2Cl)n2c(Cl)c(CO[S+](C(C)C)C(C)(C)C)nc12. The normalized spacial score (nSPS) is 14.2. The standard InChI is InChI=1S/C23H29Cl3N3O3S/c1-13(2)33(23(3,4)5)32-12-17-21(26)29-18(7-8-20(31-6)22(29)28-17)19(30)9-14-15(24)10-27-11-16(14)25/h7-8,10-11,13,19,30H,9,12H2,1-6H3/q+1. The van der Waals surface area contributed by atoms with Crippen molar-refractivity contribution in [3.05, 3.63) is 56.7 Å². The Morgan fingerprint density at radius 1 is 1.12 bits per heavy atom. The number of pyridine rings is 2. The number of aliphatic hydroxyl groups excluding tert-OH is 1. The van der Waals surface area contributed by atoms with Crippen LogP contribution in [0.4, 0.5) is 0 Å². The van der Waals surface area contributed by atoms with E-state index in [1.165, 1.54) is 12.4 Å². The number of hydrogen-bond donors (Lipinski definition) is 1. The summed E-state index contributed by atoms with van der Waals surface area (Å²) < 4.78 is 13.5. The van der Waals surface area contributed by atoms with Crippen molar-refractivity contribution in [1.29, 1.82) is 0 Å². The maximum atomic E-state index is 11.1. The molecule has 0 aliphatic carbocycles. The maximum Gasteiger partial charge on any atom is 0.181 e. The van der Waals surface area contributed by atoms with Gasteiger partial charge in [0.15, 0.2) is 27.3 Å². The van der Waals surface area contributed by atoms with Crippen LogP contribution in [-0.4, -0.2) is 36.6 Å². The van der Waals surface area contributed by atoms with Crippen molar-refractivity contribution in [1.82, 2.24) is 14.4 Å². The van der Waals surface area contributed by atoms with E-state index in [9.17, 15) is 5.11 Å². The summed E-state index contributed by atoms with van der Waals surface area (Å²) in [4.78, 5) is 8.66. The molecule has 3 rings (SSSR count). The van der Waals surface area contributed by atoms with Crippen molar-refractivity contribution >= 4 is 51.6 Å². The number of halogens is 3. The van der Waals surface area contributed by atoms with E-state index in [1.807, 2.05) is 0 Å². The summed E-state index contributed by atoms with van der Waals surface area (Å²) in [5.74, 6) is 0.540. The highest BCUT2D eigenvalue weighted by molar-refractivity contribution is 7.94. The van der Waals surface area contributed by atoms with E-state index in [1.54, 1.807) is 23.6 Å². The van der Waals surface area contributed by atoms with Gasteiger partial charge in [-0.05, 0) is 52.3 Å². The lowest BCUT2D eigenvalue weighted by Crippen LogP contribution is -2.36. The van der Waals surface area contributed by atoms with Crippen LogP contribution >= 0.6 is 34.8 Å². The number of methoxy groups -OCH3 is 1. The first kappa shape index (κ1) is 26.4. The zero-order valence-electron chi connectivity index (χ0n) is 19.5. The number of fused-ring (bicyclic) bond motifs is 1. The Morgan fingerprint density at radius 2 is 1.76 bits per heavy atom. The summed E-state index contributed by atoms with van der Waals surface area (Å²) in [5, 5.41) is 12.6. The molecule has 2 unspecified atom stereocenters. The fourth-order valence-corrected chi connectivity index (χ4v) is 6.81. The third-order valence-electron chi connectivity index (χ3n) is 5.04. The van der Waals surface area contributed by atoms with E-state index in [2.05, 4.69) is 39.6 Å². The van der Waals surface area contributed by atoms with Gasteiger partial charge < -0.3 is 9.84 Å². The van der Waals surface area contributed by atoms with Gasteiger partial charge in [-0.3, -0.25) is 9.38 Å². The average molecular weight is 534 g/mol. The van der Waals surface area contributed by atoms with Crippen LogP contribution in [0.1, 0.15) is 57.7 Å². The first-order valence-electron chi connectivity index (χ1n) is 10.5. The number of ether oxygens (including phenoxy) is 1. The van der Waals surface area contributed by atoms with Crippen LogP contribution in [0.25, 0.3) is 5.65 Å². The molecule has 3 aromatic heterocycles. The highest BCUT2D eigenvalue weighted by Gasteiger charge is 2.40. The minimum Gasteiger partial charge on any atom is -0.493 e. The van der Waals surface area contributed by atoms with Gasteiger partial charge in [-0.1, -0.05) is 34.8 Å². The van der Waals surface area contributed by atoms with Crippen molar-refractivity contribution < 1.29 is 14.0 Å². The van der Waals surface area contributed by atoms with Crippen LogP contribution in [-0.2, 0) is 28.4 Å². The van der Waals surface area contributed by atoms with Crippen molar-refractivity contribution in [2.75, 3.05) is 7.11 Å². The van der Waals surface area contributed by atoms with Gasteiger partial charge in [-0.15, -0.1) is 0 Å². The molecule has 0 radical (unpaired) electrons. The molecule has 0 saturated heterocycles. The molecule has 0 fully saturated rings. The Labute approximate surface area is 212 Å². The molecule has 3 heterocycles. The maximum absolute atomic E-state index is 11.1. The fraction of sp³-hybridized carbons (Fsp3) is 0.478. The quantitative estimate of drug-likeness (QED) is 0.348. The zero-order valence-corrected chi connectivity index (χ0v) is 22.6. The summed E-state index contributed by atoms with van der Waals surface area (Å²) in [6.45, 7) is 11.0. The summed E-state index contributed by atoms with van der Waals surface area (Å²) in [6.07, 6.45) is 2.24. The van der Waals surface area contributed by atoms with Gasteiger partial charge >= 0.3 is 0 Å². The molecule has 180 valence electrons. The van der Waals surface area contributed by atoms with Crippen LogP contribution in [0.3, 0.4) is 0 Å². The van der Waals surface area contributed by atoms with Crippen LogP contribution < -0.4 is 4.74 Å². The molecule has 0 saturated carbocycles. The minimum atomic E-state index is -0.948. The number of rotatable bonds is 8. The van der Waals surface area contributed by atoms with Gasteiger partial charge in [0.25, 0.3) is 0 Å². The van der Waals surface area contributed by atoms with Crippen LogP contribution in [0.15, 0.2) is 24.5 Å². The number of imidazole rings is 1. The van der Waals surface area contributed by atoms with Gasteiger partial charge in [-0.25, -0.2) is 4.98 Å². The first-order valence-corrected chi connectivity index (χ1v) is 12.9. The first-order chi connectivity index (χ1) is 15.5. The molecule has 2 atom stereocenters. The minimum absolute atomic E-state index is 0.0120. The molecule has 0 amide bonds. The Kier molecular flexibility index (Phi) is 8.46. The van der Waals surface area contributed by atoms with Crippen molar-refractivity contribution in [2.24, 2.45) is 0 Å². The monoisotopic (exact) mass is 532 g/mol. The number of hydrogen-bond acceptors (Lipinski definition) is 5. The summed E-state index contributed by atoms with van der Waals surface area (Å²) in [5.41, 5.74) is 2.23. The Bertz CT molecular complexity index is 1110. The molecule has 6 nitrogen and oxygen atoms in total. The summed E-state index contributed by atoms with van der Waals surface area (Å²) in [6, 6.07) is 3.51. The second kappa shape index (κ2) is 10.6. The van der Waals surface area contributed by atoms with E-state index in [0.29, 0.717) is 48.8 Å².